The van der Waals surface area contributed by atoms with Crippen LogP contribution >= 0.6 is 31.9 Å². The molecule has 18 heavy (non-hydrogen) atoms. The summed E-state index contributed by atoms with van der Waals surface area (Å²) in [7, 11) is 1.59. The molecular weight excluding hydrogens is 364 g/mol. The van der Waals surface area contributed by atoms with Crippen molar-refractivity contribution >= 4 is 43.5 Å². The van der Waals surface area contributed by atoms with E-state index >= 15 is 0 Å². The maximum atomic E-state index is 11.7. The highest BCUT2D eigenvalue weighted by molar-refractivity contribution is 9.11. The summed E-state index contributed by atoms with van der Waals surface area (Å²) in [6.45, 7) is 3.55. The van der Waals surface area contributed by atoms with Gasteiger partial charge in [-0.2, -0.15) is 0 Å². The Kier molecular flexibility index (Phi) is 6.67. The number of hydrogen-bond acceptors (Lipinski definition) is 3. The van der Waals surface area contributed by atoms with Crippen LogP contribution in [0, 0.1) is 0 Å². The third kappa shape index (κ3) is 4.59. The SMILES string of the molecule is CCNCCC(=O)Nc1cc(OC)c(Br)cc1Br. The predicted octanol–water partition coefficient (Wildman–Crippen LogP) is 3.16. The summed E-state index contributed by atoms with van der Waals surface area (Å²) >= 11 is 6.79. The molecule has 0 aliphatic rings. The lowest BCUT2D eigenvalue weighted by molar-refractivity contribution is -0.116. The van der Waals surface area contributed by atoms with Crippen molar-refractivity contribution in [2.45, 2.75) is 13.3 Å². The van der Waals surface area contributed by atoms with Crippen molar-refractivity contribution in [2.75, 3.05) is 25.5 Å². The van der Waals surface area contributed by atoms with E-state index in [9.17, 15) is 4.79 Å². The molecular formula is C12H16Br2N2O2. The van der Waals surface area contributed by atoms with Crippen LogP contribution in [0.15, 0.2) is 21.1 Å². The van der Waals surface area contributed by atoms with E-state index in [1.54, 1.807) is 13.2 Å². The van der Waals surface area contributed by atoms with Gasteiger partial charge in [0.25, 0.3) is 0 Å². The topological polar surface area (TPSA) is 50.4 Å². The number of carbonyl (C=O) groups is 1. The zero-order valence-corrected chi connectivity index (χ0v) is 13.5. The van der Waals surface area contributed by atoms with Gasteiger partial charge in [-0.25, -0.2) is 0 Å². The van der Waals surface area contributed by atoms with Crippen molar-refractivity contribution in [1.82, 2.24) is 5.32 Å². The van der Waals surface area contributed by atoms with Gasteiger partial charge in [0, 0.05) is 23.5 Å². The maximum Gasteiger partial charge on any atom is 0.225 e. The summed E-state index contributed by atoms with van der Waals surface area (Å²) in [5.74, 6) is 0.654. The van der Waals surface area contributed by atoms with Crippen molar-refractivity contribution in [3.63, 3.8) is 0 Å². The molecule has 4 nitrogen and oxygen atoms in total. The maximum absolute atomic E-state index is 11.7. The zero-order valence-electron chi connectivity index (χ0n) is 10.3. The molecule has 0 aliphatic carbocycles. The second kappa shape index (κ2) is 7.76. The highest BCUT2D eigenvalue weighted by atomic mass is 79.9. The number of methoxy groups -OCH3 is 1. The molecule has 0 bridgehead atoms. The molecule has 0 aliphatic heterocycles. The Morgan fingerprint density at radius 2 is 2.06 bits per heavy atom. The van der Waals surface area contributed by atoms with E-state index in [1.807, 2.05) is 13.0 Å². The molecule has 1 aromatic carbocycles. The second-order valence-electron chi connectivity index (χ2n) is 3.62. The highest BCUT2D eigenvalue weighted by Gasteiger charge is 2.09. The quantitative estimate of drug-likeness (QED) is 0.746. The summed E-state index contributed by atoms with van der Waals surface area (Å²) in [6.07, 6.45) is 0.443. The van der Waals surface area contributed by atoms with Crippen LogP contribution in [0.2, 0.25) is 0 Å². The highest BCUT2D eigenvalue weighted by Crippen LogP contribution is 2.34. The Hall–Kier alpha value is -0.590. The summed E-state index contributed by atoms with van der Waals surface area (Å²) in [5.41, 5.74) is 0.705. The van der Waals surface area contributed by atoms with Gasteiger partial charge in [0.15, 0.2) is 0 Å². The van der Waals surface area contributed by atoms with Gasteiger partial charge in [0.2, 0.25) is 5.91 Å². The number of benzene rings is 1. The van der Waals surface area contributed by atoms with Gasteiger partial charge in [0.05, 0.1) is 17.3 Å². The average Bonchev–Trinajstić information content (AvgIpc) is 2.33. The minimum atomic E-state index is -0.0268. The van der Waals surface area contributed by atoms with Crippen LogP contribution in [0.25, 0.3) is 0 Å². The van der Waals surface area contributed by atoms with E-state index < -0.39 is 0 Å². The number of amides is 1. The monoisotopic (exact) mass is 378 g/mol. The van der Waals surface area contributed by atoms with Gasteiger partial charge in [-0.15, -0.1) is 0 Å². The minimum Gasteiger partial charge on any atom is -0.495 e. The average molecular weight is 380 g/mol. The molecule has 0 saturated heterocycles. The van der Waals surface area contributed by atoms with Crippen molar-refractivity contribution in [2.24, 2.45) is 0 Å². The molecule has 1 rings (SSSR count). The third-order valence-electron chi connectivity index (χ3n) is 2.29. The summed E-state index contributed by atoms with van der Waals surface area (Å²) in [4.78, 5) is 11.7. The van der Waals surface area contributed by atoms with Crippen LogP contribution in [0.3, 0.4) is 0 Å². The zero-order chi connectivity index (χ0) is 13.5. The normalized spacial score (nSPS) is 10.2. The number of ether oxygens (including phenoxy) is 1. The Morgan fingerprint density at radius 3 is 2.67 bits per heavy atom. The Morgan fingerprint density at radius 1 is 1.33 bits per heavy atom. The first-order chi connectivity index (χ1) is 8.58. The smallest absolute Gasteiger partial charge is 0.225 e. The van der Waals surface area contributed by atoms with Crippen LogP contribution < -0.4 is 15.4 Å². The van der Waals surface area contributed by atoms with Crippen molar-refractivity contribution < 1.29 is 9.53 Å². The van der Waals surface area contributed by atoms with Gasteiger partial charge >= 0.3 is 0 Å². The van der Waals surface area contributed by atoms with E-state index in [-0.39, 0.29) is 5.91 Å². The number of rotatable bonds is 6. The van der Waals surface area contributed by atoms with E-state index in [4.69, 9.17) is 4.74 Å². The molecule has 0 spiro atoms. The lowest BCUT2D eigenvalue weighted by Crippen LogP contribution is -2.21. The number of halogens is 2. The van der Waals surface area contributed by atoms with Crippen LogP contribution in [-0.2, 0) is 4.79 Å². The van der Waals surface area contributed by atoms with Gasteiger partial charge in [0.1, 0.15) is 5.75 Å². The lowest BCUT2D eigenvalue weighted by Gasteiger charge is -2.11. The fourth-order valence-electron chi connectivity index (χ4n) is 1.37. The number of carbonyl (C=O) groups excluding carboxylic acids is 1. The molecule has 6 heteroatoms. The third-order valence-corrected chi connectivity index (χ3v) is 3.57. The molecule has 100 valence electrons. The van der Waals surface area contributed by atoms with Crippen LogP contribution in [0.5, 0.6) is 5.75 Å². The van der Waals surface area contributed by atoms with Crippen molar-refractivity contribution in [3.05, 3.63) is 21.1 Å². The summed E-state index contributed by atoms with van der Waals surface area (Å²) < 4.78 is 6.84. The lowest BCUT2D eigenvalue weighted by atomic mass is 10.3. The first-order valence-electron chi connectivity index (χ1n) is 5.62. The van der Waals surface area contributed by atoms with E-state index in [2.05, 4.69) is 42.5 Å². The van der Waals surface area contributed by atoms with Crippen LogP contribution in [-0.4, -0.2) is 26.1 Å². The van der Waals surface area contributed by atoms with Crippen molar-refractivity contribution in [1.29, 1.82) is 0 Å². The largest absolute Gasteiger partial charge is 0.495 e. The molecule has 0 fully saturated rings. The standard InChI is InChI=1S/C12H16Br2N2O2/c1-3-15-5-4-12(17)16-10-7-11(18-2)9(14)6-8(10)13/h6-7,15H,3-5H2,1-2H3,(H,16,17). The Balaban J connectivity index is 2.69. The van der Waals surface area contributed by atoms with Gasteiger partial charge in [-0.05, 0) is 44.5 Å². The summed E-state index contributed by atoms with van der Waals surface area (Å²) in [6, 6.07) is 3.62. The number of anilines is 1. The van der Waals surface area contributed by atoms with Crippen LogP contribution in [0.4, 0.5) is 5.69 Å². The Labute approximate surface area is 124 Å². The fraction of sp³-hybridized carbons (Fsp3) is 0.417. The van der Waals surface area contributed by atoms with Gasteiger partial charge < -0.3 is 15.4 Å². The first-order valence-corrected chi connectivity index (χ1v) is 7.20. The molecule has 0 atom stereocenters. The van der Waals surface area contributed by atoms with Crippen molar-refractivity contribution in [3.8, 4) is 5.75 Å². The van der Waals surface area contributed by atoms with E-state index in [0.717, 1.165) is 15.5 Å². The number of hydrogen-bond donors (Lipinski definition) is 2. The summed E-state index contributed by atoms with van der Waals surface area (Å²) in [5, 5.41) is 5.95. The predicted molar refractivity (Wildman–Crippen MR) is 80.2 cm³/mol. The molecule has 0 unspecified atom stereocenters. The van der Waals surface area contributed by atoms with E-state index in [1.165, 1.54) is 0 Å². The minimum absolute atomic E-state index is 0.0268. The second-order valence-corrected chi connectivity index (χ2v) is 5.33. The molecule has 0 saturated carbocycles. The molecule has 1 aromatic rings. The molecule has 2 N–H and O–H groups in total. The molecule has 0 radical (unpaired) electrons. The number of nitrogens with one attached hydrogen (secondary N) is 2. The molecule has 0 aromatic heterocycles. The molecule has 1 amide bonds. The van der Waals surface area contributed by atoms with E-state index in [0.29, 0.717) is 24.4 Å². The molecule has 0 heterocycles. The Bertz CT molecular complexity index is 425. The fourth-order valence-corrected chi connectivity index (χ4v) is 2.63. The van der Waals surface area contributed by atoms with Gasteiger partial charge in [-0.1, -0.05) is 6.92 Å². The van der Waals surface area contributed by atoms with Crippen LogP contribution in [0.1, 0.15) is 13.3 Å². The first kappa shape index (κ1) is 15.5. The van der Waals surface area contributed by atoms with Gasteiger partial charge in [-0.3, -0.25) is 4.79 Å².